The van der Waals surface area contributed by atoms with Crippen molar-refractivity contribution in [3.05, 3.63) is 41.5 Å². The van der Waals surface area contributed by atoms with Gasteiger partial charge >= 0.3 is 5.97 Å². The van der Waals surface area contributed by atoms with Crippen molar-refractivity contribution < 1.29 is 14.6 Å². The molecule has 9 nitrogen and oxygen atoms in total. The zero-order valence-electron chi connectivity index (χ0n) is 14.5. The van der Waals surface area contributed by atoms with Gasteiger partial charge in [0.25, 0.3) is 0 Å². The van der Waals surface area contributed by atoms with Crippen LogP contribution in [0.25, 0.3) is 5.57 Å². The van der Waals surface area contributed by atoms with E-state index in [0.29, 0.717) is 29.1 Å². The largest absolute Gasteiger partial charge is 0.480 e. The second kappa shape index (κ2) is 8.64. The summed E-state index contributed by atoms with van der Waals surface area (Å²) in [5, 5.41) is 32.7. The van der Waals surface area contributed by atoms with Gasteiger partial charge in [-0.25, -0.2) is 4.68 Å². The molecule has 0 aliphatic rings. The molecule has 0 amide bonds. The molecule has 0 aromatic carbocycles. The van der Waals surface area contributed by atoms with Crippen LogP contribution in [0, 0.1) is 16.7 Å². The van der Waals surface area contributed by atoms with Crippen molar-refractivity contribution in [2.45, 2.75) is 20.1 Å². The molecule has 0 bridgehead atoms. The first-order valence-electron chi connectivity index (χ1n) is 7.95. The molecule has 1 atom stereocenters. The summed E-state index contributed by atoms with van der Waals surface area (Å²) in [4.78, 5) is 13.7. The van der Waals surface area contributed by atoms with Gasteiger partial charge in [0.2, 0.25) is 0 Å². The summed E-state index contributed by atoms with van der Waals surface area (Å²) in [6.45, 7) is 4.06. The number of nitrogens with one attached hydrogen (secondary N) is 3. The highest BCUT2D eigenvalue weighted by Crippen LogP contribution is 2.28. The van der Waals surface area contributed by atoms with Crippen molar-refractivity contribution in [3.63, 3.8) is 0 Å². The highest BCUT2D eigenvalue weighted by atomic mass is 16.5. The molecular formula is C17H20N6O3. The maximum absolute atomic E-state index is 10.7. The Balaban J connectivity index is 2.41. The first-order chi connectivity index (χ1) is 12.5. The number of allylic oxidation sites excluding steroid dienone is 1. The van der Waals surface area contributed by atoms with Gasteiger partial charge in [0, 0.05) is 42.0 Å². The molecule has 2 aromatic rings. The van der Waals surface area contributed by atoms with Crippen molar-refractivity contribution in [1.82, 2.24) is 14.8 Å². The predicted molar refractivity (Wildman–Crippen MR) is 95.9 cm³/mol. The fraction of sp³-hybridized carbons (Fsp3) is 0.294. The van der Waals surface area contributed by atoms with Gasteiger partial charge in [-0.2, -0.15) is 10.4 Å². The van der Waals surface area contributed by atoms with Crippen molar-refractivity contribution in [1.29, 1.82) is 10.7 Å². The Hall–Kier alpha value is -3.38. The number of hydrogen-bond acceptors (Lipinski definition) is 6. The number of carbonyl (C=O) groups is 1. The number of anilines is 1. The number of rotatable bonds is 9. The second-order valence-corrected chi connectivity index (χ2v) is 5.36. The van der Waals surface area contributed by atoms with Crippen LogP contribution in [0.2, 0.25) is 0 Å². The van der Waals surface area contributed by atoms with E-state index in [0.717, 1.165) is 6.21 Å². The van der Waals surface area contributed by atoms with Gasteiger partial charge in [0.15, 0.2) is 0 Å². The van der Waals surface area contributed by atoms with Crippen LogP contribution in [0.3, 0.4) is 0 Å². The van der Waals surface area contributed by atoms with E-state index in [4.69, 9.17) is 15.3 Å². The monoisotopic (exact) mass is 356 g/mol. The van der Waals surface area contributed by atoms with E-state index < -0.39 is 5.97 Å². The Morgan fingerprint density at radius 2 is 2.42 bits per heavy atom. The van der Waals surface area contributed by atoms with Gasteiger partial charge in [0.05, 0.1) is 17.5 Å². The minimum Gasteiger partial charge on any atom is -0.480 e. The van der Waals surface area contributed by atoms with Gasteiger partial charge in [-0.05, 0) is 19.9 Å². The standard InChI is InChI=1S/C17H20N6O3/c1-3-26-11(2)23-10-13(7-22-23)17(12(5-18)6-19)15-4-14(8-21-15)20-9-16(24)25/h4-5,7-8,10-11,18,20-21H,3,9H2,1-2H3,(H,24,25). The summed E-state index contributed by atoms with van der Waals surface area (Å²) >= 11 is 0. The second-order valence-electron chi connectivity index (χ2n) is 5.36. The number of aliphatic carboxylic acids is 1. The van der Waals surface area contributed by atoms with Gasteiger partial charge in [-0.1, -0.05) is 0 Å². The fourth-order valence-corrected chi connectivity index (χ4v) is 2.42. The van der Waals surface area contributed by atoms with E-state index in [1.165, 1.54) is 0 Å². The third-order valence-corrected chi connectivity index (χ3v) is 3.60. The zero-order valence-corrected chi connectivity index (χ0v) is 14.5. The lowest BCUT2D eigenvalue weighted by molar-refractivity contribution is -0.134. The Bertz CT molecular complexity index is 858. The SMILES string of the molecule is CCOC(C)n1cc(C(=C(C#N)C=N)c2cc(NCC(=O)O)c[nH]2)cn1. The molecule has 0 saturated heterocycles. The van der Waals surface area contributed by atoms with Crippen LogP contribution in [0.5, 0.6) is 0 Å². The van der Waals surface area contributed by atoms with Crippen LogP contribution in [-0.4, -0.2) is 45.2 Å². The molecule has 0 spiro atoms. The average molecular weight is 356 g/mol. The Kier molecular flexibility index (Phi) is 6.30. The van der Waals surface area contributed by atoms with Crippen molar-refractivity contribution in [2.24, 2.45) is 0 Å². The third-order valence-electron chi connectivity index (χ3n) is 3.60. The predicted octanol–water partition coefficient (Wildman–Crippen LogP) is 2.24. The number of nitrogens with zero attached hydrogens (tertiary/aromatic N) is 3. The highest BCUT2D eigenvalue weighted by Gasteiger charge is 2.16. The maximum atomic E-state index is 10.7. The Morgan fingerprint density at radius 3 is 3.04 bits per heavy atom. The molecule has 2 rings (SSSR count). The number of carboxylic acids is 1. The normalized spacial score (nSPS) is 12.8. The van der Waals surface area contributed by atoms with Gasteiger partial charge in [-0.15, -0.1) is 0 Å². The van der Waals surface area contributed by atoms with Crippen LogP contribution in [-0.2, 0) is 9.53 Å². The fourth-order valence-electron chi connectivity index (χ4n) is 2.42. The van der Waals surface area contributed by atoms with E-state index >= 15 is 0 Å². The van der Waals surface area contributed by atoms with E-state index in [9.17, 15) is 10.1 Å². The maximum Gasteiger partial charge on any atom is 0.322 e. The molecule has 136 valence electrons. The smallest absolute Gasteiger partial charge is 0.322 e. The third kappa shape index (κ3) is 4.37. The van der Waals surface area contributed by atoms with Gasteiger partial charge in [-0.3, -0.25) is 4.79 Å². The number of H-pyrrole nitrogens is 1. The summed E-state index contributed by atoms with van der Waals surface area (Å²) in [6.07, 6.45) is 5.64. The molecule has 0 aliphatic heterocycles. The summed E-state index contributed by atoms with van der Waals surface area (Å²) in [5.74, 6) is -0.980. The van der Waals surface area contributed by atoms with E-state index in [1.54, 1.807) is 29.3 Å². The molecule has 0 saturated carbocycles. The van der Waals surface area contributed by atoms with Crippen LogP contribution in [0.4, 0.5) is 5.69 Å². The van der Waals surface area contributed by atoms with Gasteiger partial charge in [0.1, 0.15) is 18.8 Å². The van der Waals surface area contributed by atoms with Crippen LogP contribution >= 0.6 is 0 Å². The highest BCUT2D eigenvalue weighted by molar-refractivity contribution is 5.98. The summed E-state index contributed by atoms with van der Waals surface area (Å²) in [5.41, 5.74) is 2.43. The molecule has 0 aliphatic carbocycles. The molecule has 1 unspecified atom stereocenters. The van der Waals surface area contributed by atoms with E-state index in [2.05, 4.69) is 15.4 Å². The molecule has 26 heavy (non-hydrogen) atoms. The quantitative estimate of drug-likeness (QED) is 0.401. The van der Waals surface area contributed by atoms with Crippen molar-refractivity contribution in [2.75, 3.05) is 18.5 Å². The zero-order chi connectivity index (χ0) is 19.1. The van der Waals surface area contributed by atoms with Crippen molar-refractivity contribution >= 4 is 23.4 Å². The topological polar surface area (TPSA) is 140 Å². The average Bonchev–Trinajstić information content (AvgIpc) is 3.27. The number of aromatic nitrogens is 3. The molecule has 2 heterocycles. The number of aromatic amines is 1. The van der Waals surface area contributed by atoms with Crippen LogP contribution in [0.15, 0.2) is 30.2 Å². The lowest BCUT2D eigenvalue weighted by atomic mass is 10.0. The number of nitriles is 1. The molecule has 9 heteroatoms. The van der Waals surface area contributed by atoms with Gasteiger partial charge < -0.3 is 25.6 Å². The number of ether oxygens (including phenoxy) is 1. The first-order valence-corrected chi connectivity index (χ1v) is 7.95. The van der Waals surface area contributed by atoms with Crippen LogP contribution < -0.4 is 5.32 Å². The molecule has 4 N–H and O–H groups in total. The van der Waals surface area contributed by atoms with Crippen molar-refractivity contribution in [3.8, 4) is 6.07 Å². The number of carboxylic acid groups (broad SMARTS) is 1. The summed E-state index contributed by atoms with van der Waals surface area (Å²) in [6, 6.07) is 3.69. The summed E-state index contributed by atoms with van der Waals surface area (Å²) in [7, 11) is 0. The minimum absolute atomic E-state index is 0.153. The minimum atomic E-state index is -0.980. The van der Waals surface area contributed by atoms with E-state index in [1.807, 2.05) is 19.9 Å². The van der Waals surface area contributed by atoms with E-state index in [-0.39, 0.29) is 18.3 Å². The lowest BCUT2D eigenvalue weighted by Crippen LogP contribution is -2.11. The Labute approximate surface area is 150 Å². The first kappa shape index (κ1) is 19.0. The van der Waals surface area contributed by atoms with Crippen LogP contribution in [0.1, 0.15) is 31.3 Å². The molecule has 0 radical (unpaired) electrons. The molecule has 2 aromatic heterocycles. The molecule has 0 fully saturated rings. The summed E-state index contributed by atoms with van der Waals surface area (Å²) < 4.78 is 7.13. The number of hydrogen-bond donors (Lipinski definition) is 4. The molecular weight excluding hydrogens is 336 g/mol. The lowest BCUT2D eigenvalue weighted by Gasteiger charge is -2.11. The Morgan fingerprint density at radius 1 is 1.65 bits per heavy atom.